The Bertz CT molecular complexity index is 815. The highest BCUT2D eigenvalue weighted by molar-refractivity contribution is 8.13. The topological polar surface area (TPSA) is 54.0 Å². The van der Waals surface area contributed by atoms with Gasteiger partial charge in [-0.05, 0) is 49.0 Å². The number of amidine groups is 1. The Labute approximate surface area is 170 Å². The third-order valence-corrected chi connectivity index (χ3v) is 5.80. The molecule has 0 bridgehead atoms. The van der Waals surface area contributed by atoms with E-state index in [9.17, 15) is 4.39 Å². The molecule has 0 amide bonds. The smallest absolute Gasteiger partial charge is 0.180 e. The van der Waals surface area contributed by atoms with Crippen LogP contribution >= 0.6 is 11.8 Å². The molecule has 1 fully saturated rings. The Hall–Kier alpha value is -2.18. The van der Waals surface area contributed by atoms with Gasteiger partial charge in [-0.3, -0.25) is 4.90 Å². The molecule has 1 aliphatic rings. The molecule has 1 heterocycles. The molecule has 0 spiro atoms. The van der Waals surface area contributed by atoms with Crippen molar-refractivity contribution < 1.29 is 4.39 Å². The summed E-state index contributed by atoms with van der Waals surface area (Å²) in [6, 6.07) is 15.3. The maximum absolute atomic E-state index is 14.4. The molecule has 3 rings (SSSR count). The van der Waals surface area contributed by atoms with Crippen molar-refractivity contribution in [3.8, 4) is 0 Å². The second kappa shape index (κ2) is 10.4. The number of benzene rings is 2. The third kappa shape index (κ3) is 6.46. The lowest BCUT2D eigenvalue weighted by Crippen LogP contribution is -2.32. The highest BCUT2D eigenvalue weighted by atomic mass is 32.2. The summed E-state index contributed by atoms with van der Waals surface area (Å²) < 4.78 is 14.4. The van der Waals surface area contributed by atoms with Gasteiger partial charge in [0.05, 0.1) is 6.21 Å². The average Bonchev–Trinajstić information content (AvgIpc) is 2.71. The van der Waals surface area contributed by atoms with Gasteiger partial charge in [0.15, 0.2) is 5.17 Å². The predicted octanol–water partition coefficient (Wildman–Crippen LogP) is 4.64. The number of hydrogen-bond donors (Lipinski definition) is 1. The summed E-state index contributed by atoms with van der Waals surface area (Å²) in [7, 11) is 0. The summed E-state index contributed by atoms with van der Waals surface area (Å²) >= 11 is 1.42. The molecule has 148 valence electrons. The van der Waals surface area contributed by atoms with Crippen LogP contribution in [0, 0.1) is 11.7 Å². The Kier molecular flexibility index (Phi) is 7.62. The van der Waals surface area contributed by atoms with Crippen LogP contribution in [0.4, 0.5) is 4.39 Å². The lowest BCUT2D eigenvalue weighted by Gasteiger charge is -2.30. The standard InChI is InChI=1S/C22H27FN4S/c1-17-9-11-27(12-10-17)15-20-8-7-19(13-21(20)23)14-25-26-22(24)28-16-18-5-3-2-4-6-18/h2-8,13-14,17H,9-12,15-16H2,1H3,(H2,24,26). The van der Waals surface area contributed by atoms with Crippen molar-refractivity contribution in [3.63, 3.8) is 0 Å². The Balaban J connectivity index is 1.51. The molecule has 0 aromatic heterocycles. The van der Waals surface area contributed by atoms with Gasteiger partial charge in [0.25, 0.3) is 0 Å². The zero-order valence-corrected chi connectivity index (χ0v) is 17.0. The van der Waals surface area contributed by atoms with Crippen molar-refractivity contribution in [2.45, 2.75) is 32.1 Å². The second-order valence-electron chi connectivity index (χ2n) is 7.27. The van der Waals surface area contributed by atoms with Crippen molar-refractivity contribution in [3.05, 3.63) is 71.0 Å². The fourth-order valence-corrected chi connectivity index (χ4v) is 3.76. The molecule has 28 heavy (non-hydrogen) atoms. The van der Waals surface area contributed by atoms with Gasteiger partial charge in [0.1, 0.15) is 5.82 Å². The first-order valence-electron chi connectivity index (χ1n) is 9.64. The van der Waals surface area contributed by atoms with E-state index >= 15 is 0 Å². The van der Waals surface area contributed by atoms with E-state index in [4.69, 9.17) is 5.73 Å². The summed E-state index contributed by atoms with van der Waals surface area (Å²) in [5.74, 6) is 1.32. The number of nitrogens with two attached hydrogens (primary N) is 1. The molecule has 0 aliphatic carbocycles. The fourth-order valence-electron chi connectivity index (χ4n) is 3.15. The maximum atomic E-state index is 14.4. The van der Waals surface area contributed by atoms with Gasteiger partial charge in [0, 0.05) is 17.9 Å². The minimum Gasteiger partial charge on any atom is -0.377 e. The molecule has 2 aromatic carbocycles. The molecule has 1 saturated heterocycles. The van der Waals surface area contributed by atoms with Crippen LogP contribution in [-0.4, -0.2) is 29.4 Å². The van der Waals surface area contributed by atoms with E-state index in [1.165, 1.54) is 42.4 Å². The fraction of sp³-hybridized carbons (Fsp3) is 0.364. The summed E-state index contributed by atoms with van der Waals surface area (Å²) in [4.78, 5) is 2.32. The van der Waals surface area contributed by atoms with Gasteiger partial charge in [0.2, 0.25) is 0 Å². The van der Waals surface area contributed by atoms with Gasteiger partial charge in [-0.25, -0.2) is 4.39 Å². The lowest BCUT2D eigenvalue weighted by atomic mass is 9.98. The van der Waals surface area contributed by atoms with Crippen LogP contribution in [0.3, 0.4) is 0 Å². The van der Waals surface area contributed by atoms with E-state index in [1.807, 2.05) is 42.5 Å². The molecule has 2 aromatic rings. The highest BCUT2D eigenvalue weighted by Gasteiger charge is 2.16. The lowest BCUT2D eigenvalue weighted by molar-refractivity contribution is 0.183. The first kappa shape index (κ1) is 20.6. The van der Waals surface area contributed by atoms with E-state index in [0.717, 1.165) is 30.3 Å². The first-order valence-corrected chi connectivity index (χ1v) is 10.6. The molecule has 2 N–H and O–H groups in total. The summed E-state index contributed by atoms with van der Waals surface area (Å²) in [6.45, 7) is 5.02. The average molecular weight is 399 g/mol. The summed E-state index contributed by atoms with van der Waals surface area (Å²) in [6.07, 6.45) is 3.91. The van der Waals surface area contributed by atoms with Crippen LogP contribution in [0.15, 0.2) is 58.7 Å². The van der Waals surface area contributed by atoms with Crippen molar-refractivity contribution in [2.75, 3.05) is 13.1 Å². The second-order valence-corrected chi connectivity index (χ2v) is 8.26. The van der Waals surface area contributed by atoms with Gasteiger partial charge in [-0.2, -0.15) is 5.10 Å². The number of piperidine rings is 1. The van der Waals surface area contributed by atoms with E-state index in [2.05, 4.69) is 22.0 Å². The monoisotopic (exact) mass is 398 g/mol. The Morgan fingerprint density at radius 1 is 1.21 bits per heavy atom. The van der Waals surface area contributed by atoms with Crippen LogP contribution in [0.5, 0.6) is 0 Å². The van der Waals surface area contributed by atoms with Crippen molar-refractivity contribution in [1.82, 2.24) is 4.90 Å². The zero-order valence-electron chi connectivity index (χ0n) is 16.2. The molecule has 6 heteroatoms. The zero-order chi connectivity index (χ0) is 19.8. The normalized spacial score (nSPS) is 16.7. The number of likely N-dealkylation sites (tertiary alicyclic amines) is 1. The van der Waals surface area contributed by atoms with E-state index in [-0.39, 0.29) is 5.82 Å². The first-order chi connectivity index (χ1) is 13.6. The molecule has 1 aliphatic heterocycles. The minimum absolute atomic E-state index is 0.196. The quantitative estimate of drug-likeness (QED) is 0.438. The van der Waals surface area contributed by atoms with Crippen molar-refractivity contribution in [1.29, 1.82) is 0 Å². The van der Waals surface area contributed by atoms with Crippen LogP contribution in [-0.2, 0) is 12.3 Å². The largest absolute Gasteiger partial charge is 0.377 e. The molecule has 0 saturated carbocycles. The van der Waals surface area contributed by atoms with E-state index in [0.29, 0.717) is 17.3 Å². The number of thioether (sulfide) groups is 1. The number of halogens is 1. The van der Waals surface area contributed by atoms with Crippen molar-refractivity contribution in [2.24, 2.45) is 21.9 Å². The van der Waals surface area contributed by atoms with Crippen molar-refractivity contribution >= 4 is 23.1 Å². The molecule has 0 radical (unpaired) electrons. The molecular formula is C22H27FN4S. The maximum Gasteiger partial charge on any atom is 0.180 e. The van der Waals surface area contributed by atoms with E-state index < -0.39 is 0 Å². The van der Waals surface area contributed by atoms with Gasteiger partial charge >= 0.3 is 0 Å². The van der Waals surface area contributed by atoms with Gasteiger partial charge in [-0.15, -0.1) is 5.10 Å². The highest BCUT2D eigenvalue weighted by Crippen LogP contribution is 2.19. The number of hydrogen-bond acceptors (Lipinski definition) is 4. The van der Waals surface area contributed by atoms with Crippen LogP contribution in [0.1, 0.15) is 36.5 Å². The van der Waals surface area contributed by atoms with Crippen LogP contribution < -0.4 is 5.73 Å². The Morgan fingerprint density at radius 3 is 2.68 bits per heavy atom. The van der Waals surface area contributed by atoms with Gasteiger partial charge < -0.3 is 5.73 Å². The molecular weight excluding hydrogens is 371 g/mol. The molecule has 0 atom stereocenters. The Morgan fingerprint density at radius 2 is 1.96 bits per heavy atom. The number of rotatable bonds is 6. The molecule has 0 unspecified atom stereocenters. The summed E-state index contributed by atoms with van der Waals surface area (Å²) in [5.41, 5.74) is 8.46. The SMILES string of the molecule is CC1CCN(Cc2ccc(C=NN=C(N)SCc3ccccc3)cc2F)CC1. The number of nitrogens with zero attached hydrogens (tertiary/aromatic N) is 3. The molecule has 4 nitrogen and oxygen atoms in total. The van der Waals surface area contributed by atoms with Crippen LogP contribution in [0.25, 0.3) is 0 Å². The van der Waals surface area contributed by atoms with E-state index in [1.54, 1.807) is 0 Å². The summed E-state index contributed by atoms with van der Waals surface area (Å²) in [5, 5.41) is 8.36. The third-order valence-electron chi connectivity index (χ3n) is 4.94. The minimum atomic E-state index is -0.196. The van der Waals surface area contributed by atoms with Gasteiger partial charge in [-0.1, -0.05) is 61.2 Å². The predicted molar refractivity (Wildman–Crippen MR) is 117 cm³/mol. The van der Waals surface area contributed by atoms with Crippen LogP contribution in [0.2, 0.25) is 0 Å².